The molecule has 0 saturated carbocycles. The SMILES string of the molecule is COc1cccc([N+](=O)[O-])c1N1CC(CBr)CC1=O. The lowest BCUT2D eigenvalue weighted by Crippen LogP contribution is -2.26. The van der Waals surface area contributed by atoms with Crippen molar-refractivity contribution in [3.05, 3.63) is 28.3 Å². The number of nitro benzene ring substituents is 1. The lowest BCUT2D eigenvalue weighted by molar-refractivity contribution is -0.384. The first-order chi connectivity index (χ1) is 9.08. The van der Waals surface area contributed by atoms with E-state index in [1.54, 1.807) is 12.1 Å². The summed E-state index contributed by atoms with van der Waals surface area (Å²) >= 11 is 3.34. The Hall–Kier alpha value is -1.63. The van der Waals surface area contributed by atoms with Crippen molar-refractivity contribution in [2.75, 3.05) is 23.9 Å². The Kier molecular flexibility index (Phi) is 4.04. The average molecular weight is 329 g/mol. The highest BCUT2D eigenvalue weighted by Gasteiger charge is 2.35. The molecule has 0 spiro atoms. The fourth-order valence-electron chi connectivity index (χ4n) is 2.20. The number of rotatable bonds is 4. The highest BCUT2D eigenvalue weighted by Crippen LogP contribution is 2.40. The number of alkyl halides is 1. The molecule has 102 valence electrons. The van der Waals surface area contributed by atoms with Gasteiger partial charge in [-0.15, -0.1) is 0 Å². The second kappa shape index (κ2) is 5.56. The Bertz CT molecular complexity index is 520. The van der Waals surface area contributed by atoms with Gasteiger partial charge in [-0.25, -0.2) is 0 Å². The van der Waals surface area contributed by atoms with Crippen LogP contribution >= 0.6 is 15.9 Å². The van der Waals surface area contributed by atoms with Crippen LogP contribution in [0.5, 0.6) is 5.75 Å². The van der Waals surface area contributed by atoms with E-state index in [4.69, 9.17) is 4.74 Å². The van der Waals surface area contributed by atoms with E-state index in [9.17, 15) is 14.9 Å². The number of hydrogen-bond acceptors (Lipinski definition) is 4. The summed E-state index contributed by atoms with van der Waals surface area (Å²) in [4.78, 5) is 24.1. The van der Waals surface area contributed by atoms with E-state index < -0.39 is 4.92 Å². The summed E-state index contributed by atoms with van der Waals surface area (Å²) in [6.07, 6.45) is 0.389. The van der Waals surface area contributed by atoms with Gasteiger partial charge in [0.05, 0.1) is 12.0 Å². The minimum absolute atomic E-state index is 0.108. The molecule has 1 aromatic carbocycles. The summed E-state index contributed by atoms with van der Waals surface area (Å²) in [5.41, 5.74) is 0.145. The normalized spacial score (nSPS) is 18.7. The topological polar surface area (TPSA) is 72.7 Å². The fourth-order valence-corrected chi connectivity index (χ4v) is 2.63. The first-order valence-electron chi connectivity index (χ1n) is 5.76. The number of halogens is 1. The zero-order chi connectivity index (χ0) is 14.0. The Balaban J connectivity index is 2.48. The largest absolute Gasteiger partial charge is 0.494 e. The molecule has 1 heterocycles. The molecule has 1 atom stereocenters. The number of para-hydroxylation sites is 1. The lowest BCUT2D eigenvalue weighted by Gasteiger charge is -2.19. The molecule has 1 amide bonds. The fraction of sp³-hybridized carbons (Fsp3) is 0.417. The highest BCUT2D eigenvalue weighted by molar-refractivity contribution is 9.09. The second-order valence-electron chi connectivity index (χ2n) is 4.31. The van der Waals surface area contributed by atoms with Gasteiger partial charge in [-0.1, -0.05) is 22.0 Å². The number of anilines is 1. The summed E-state index contributed by atoms with van der Waals surface area (Å²) in [7, 11) is 1.44. The Labute approximate surface area is 118 Å². The van der Waals surface area contributed by atoms with Crippen molar-refractivity contribution in [3.63, 3.8) is 0 Å². The summed E-state index contributed by atoms with van der Waals surface area (Å²) in [6.45, 7) is 0.464. The van der Waals surface area contributed by atoms with Crippen LogP contribution in [0.25, 0.3) is 0 Å². The van der Waals surface area contributed by atoms with Gasteiger partial charge < -0.3 is 9.64 Å². The van der Waals surface area contributed by atoms with E-state index in [1.807, 2.05) is 0 Å². The molecule has 2 rings (SSSR count). The summed E-state index contributed by atoms with van der Waals surface area (Å²) in [6, 6.07) is 4.55. The van der Waals surface area contributed by atoms with Gasteiger partial charge in [0.15, 0.2) is 5.69 Å². The number of nitrogens with zero attached hydrogens (tertiary/aromatic N) is 2. The van der Waals surface area contributed by atoms with Crippen LogP contribution in [-0.4, -0.2) is 29.8 Å². The van der Waals surface area contributed by atoms with Gasteiger partial charge in [0.1, 0.15) is 5.75 Å². The predicted molar refractivity (Wildman–Crippen MR) is 73.9 cm³/mol. The van der Waals surface area contributed by atoms with Crippen molar-refractivity contribution in [1.82, 2.24) is 0 Å². The first kappa shape index (κ1) is 13.8. The van der Waals surface area contributed by atoms with Crippen LogP contribution in [0.1, 0.15) is 6.42 Å². The number of carbonyl (C=O) groups is 1. The molecule has 0 aliphatic carbocycles. The summed E-state index contributed by atoms with van der Waals surface area (Å²) in [5, 5.41) is 11.8. The van der Waals surface area contributed by atoms with Crippen molar-refractivity contribution in [2.45, 2.75) is 6.42 Å². The maximum absolute atomic E-state index is 12.0. The van der Waals surface area contributed by atoms with Crippen LogP contribution in [0.2, 0.25) is 0 Å². The van der Waals surface area contributed by atoms with Crippen LogP contribution in [0, 0.1) is 16.0 Å². The van der Waals surface area contributed by atoms with E-state index >= 15 is 0 Å². The van der Waals surface area contributed by atoms with E-state index in [1.165, 1.54) is 18.1 Å². The van der Waals surface area contributed by atoms with E-state index in [-0.39, 0.29) is 23.2 Å². The number of benzene rings is 1. The van der Waals surface area contributed by atoms with Crippen molar-refractivity contribution >= 4 is 33.2 Å². The van der Waals surface area contributed by atoms with Gasteiger partial charge in [0.2, 0.25) is 5.91 Å². The van der Waals surface area contributed by atoms with Crippen molar-refractivity contribution in [3.8, 4) is 5.75 Å². The Morgan fingerprint density at radius 1 is 1.58 bits per heavy atom. The molecule has 1 aromatic rings. The van der Waals surface area contributed by atoms with Crippen molar-refractivity contribution in [1.29, 1.82) is 0 Å². The Morgan fingerprint density at radius 2 is 2.32 bits per heavy atom. The number of hydrogen-bond donors (Lipinski definition) is 0. The van der Waals surface area contributed by atoms with Crippen molar-refractivity contribution < 1.29 is 14.5 Å². The molecule has 0 radical (unpaired) electrons. The molecule has 1 unspecified atom stereocenters. The van der Waals surface area contributed by atoms with Crippen molar-refractivity contribution in [2.24, 2.45) is 5.92 Å². The maximum atomic E-state index is 12.0. The molecule has 6 nitrogen and oxygen atoms in total. The zero-order valence-electron chi connectivity index (χ0n) is 10.3. The van der Waals surface area contributed by atoms with Gasteiger partial charge in [0.25, 0.3) is 5.69 Å². The van der Waals surface area contributed by atoms with E-state index in [0.717, 1.165) is 0 Å². The molecule has 0 N–H and O–H groups in total. The zero-order valence-corrected chi connectivity index (χ0v) is 11.9. The van der Waals surface area contributed by atoms with Crippen LogP contribution in [0.4, 0.5) is 11.4 Å². The lowest BCUT2D eigenvalue weighted by atomic mass is 10.2. The molecule has 19 heavy (non-hydrogen) atoms. The van der Waals surface area contributed by atoms with Crippen LogP contribution in [0.15, 0.2) is 18.2 Å². The van der Waals surface area contributed by atoms with E-state index in [2.05, 4.69) is 15.9 Å². The number of nitro groups is 1. The van der Waals surface area contributed by atoms with Crippen LogP contribution in [-0.2, 0) is 4.79 Å². The summed E-state index contributed by atoms with van der Waals surface area (Å²) < 4.78 is 5.16. The van der Waals surface area contributed by atoms with Gasteiger partial charge in [-0.3, -0.25) is 14.9 Å². The first-order valence-corrected chi connectivity index (χ1v) is 6.88. The van der Waals surface area contributed by atoms with Crippen LogP contribution < -0.4 is 9.64 Å². The predicted octanol–water partition coefficient (Wildman–Crippen LogP) is 2.35. The Morgan fingerprint density at radius 3 is 2.84 bits per heavy atom. The van der Waals surface area contributed by atoms with E-state index in [0.29, 0.717) is 24.0 Å². The quantitative estimate of drug-likeness (QED) is 0.483. The van der Waals surface area contributed by atoms with Crippen LogP contribution in [0.3, 0.4) is 0 Å². The standard InChI is InChI=1S/C12H13BrN2O4/c1-19-10-4-2-3-9(15(17)18)12(10)14-7-8(6-13)5-11(14)16/h2-4,8H,5-7H2,1H3. The third-order valence-corrected chi connectivity index (χ3v) is 4.00. The smallest absolute Gasteiger partial charge is 0.296 e. The number of methoxy groups -OCH3 is 1. The van der Waals surface area contributed by atoms with Gasteiger partial charge in [-0.2, -0.15) is 0 Å². The maximum Gasteiger partial charge on any atom is 0.296 e. The molecule has 1 fully saturated rings. The summed E-state index contributed by atoms with van der Waals surface area (Å²) in [5.74, 6) is 0.395. The third-order valence-electron chi connectivity index (χ3n) is 3.09. The highest BCUT2D eigenvalue weighted by atomic mass is 79.9. The number of carbonyl (C=O) groups excluding carboxylic acids is 1. The molecule has 1 saturated heterocycles. The second-order valence-corrected chi connectivity index (χ2v) is 4.96. The van der Waals surface area contributed by atoms with Gasteiger partial charge in [-0.05, 0) is 12.0 Å². The number of ether oxygens (including phenoxy) is 1. The minimum Gasteiger partial charge on any atom is -0.494 e. The van der Waals surface area contributed by atoms with Gasteiger partial charge in [0, 0.05) is 24.4 Å². The molecule has 1 aliphatic heterocycles. The third kappa shape index (κ3) is 2.56. The monoisotopic (exact) mass is 328 g/mol. The molecular weight excluding hydrogens is 316 g/mol. The average Bonchev–Trinajstić information content (AvgIpc) is 2.78. The minimum atomic E-state index is -0.493. The molecular formula is C12H13BrN2O4. The number of amides is 1. The molecule has 0 aromatic heterocycles. The van der Waals surface area contributed by atoms with Gasteiger partial charge >= 0.3 is 0 Å². The molecule has 1 aliphatic rings. The molecule has 7 heteroatoms. The molecule has 0 bridgehead atoms.